The highest BCUT2D eigenvalue weighted by Gasteiger charge is 2.18. The Labute approximate surface area is 109 Å². The molecule has 1 N–H and O–H groups in total. The molecule has 0 spiro atoms. The zero-order valence-electron chi connectivity index (χ0n) is 11.2. The first-order chi connectivity index (χ1) is 8.81. The Balaban J connectivity index is 1.87. The fourth-order valence-electron chi connectivity index (χ4n) is 2.18. The van der Waals surface area contributed by atoms with Gasteiger partial charge in [0.05, 0.1) is 24.2 Å². The van der Waals surface area contributed by atoms with E-state index in [0.717, 1.165) is 37.8 Å². The van der Waals surface area contributed by atoms with Gasteiger partial charge in [0.2, 0.25) is 0 Å². The summed E-state index contributed by atoms with van der Waals surface area (Å²) in [5.74, 6) is 0.806. The second-order valence-corrected chi connectivity index (χ2v) is 4.61. The van der Waals surface area contributed by atoms with Gasteiger partial charge in [0.15, 0.2) is 0 Å². The van der Waals surface area contributed by atoms with Crippen molar-refractivity contribution in [3.8, 4) is 0 Å². The van der Waals surface area contributed by atoms with Crippen LogP contribution in [-0.2, 0) is 11.3 Å². The number of nitrogens with one attached hydrogen (secondary N) is 1. The molecule has 100 valence electrons. The fourth-order valence-corrected chi connectivity index (χ4v) is 2.18. The summed E-state index contributed by atoms with van der Waals surface area (Å²) in [6.45, 7) is 5.93. The average Bonchev–Trinajstić information content (AvgIpc) is 2.91. The predicted molar refractivity (Wildman–Crippen MR) is 71.5 cm³/mol. The van der Waals surface area contributed by atoms with Crippen molar-refractivity contribution < 1.29 is 4.74 Å². The molecule has 2 rings (SSSR count). The molecule has 1 atom stereocenters. The van der Waals surface area contributed by atoms with E-state index in [2.05, 4.69) is 27.1 Å². The highest BCUT2D eigenvalue weighted by atomic mass is 16.5. The fraction of sp³-hybridized carbons (Fsp3) is 0.692. The molecule has 1 fully saturated rings. The van der Waals surface area contributed by atoms with Crippen molar-refractivity contribution in [1.82, 2.24) is 14.9 Å². The molecule has 1 aromatic rings. The van der Waals surface area contributed by atoms with Crippen molar-refractivity contribution in [2.75, 3.05) is 32.1 Å². The van der Waals surface area contributed by atoms with Gasteiger partial charge in [-0.25, -0.2) is 4.98 Å². The third-order valence-corrected chi connectivity index (χ3v) is 3.28. The van der Waals surface area contributed by atoms with Crippen LogP contribution in [0.15, 0.2) is 12.4 Å². The molecule has 0 bridgehead atoms. The Hall–Kier alpha value is -1.20. The SMILES string of the molecule is CCN(Cc1cnc(NC)cn1)CC1CCCO1. The molecule has 5 heteroatoms. The molecule has 2 heterocycles. The summed E-state index contributed by atoms with van der Waals surface area (Å²) in [6, 6.07) is 0. The van der Waals surface area contributed by atoms with Crippen molar-refractivity contribution in [2.45, 2.75) is 32.4 Å². The van der Waals surface area contributed by atoms with Crippen molar-refractivity contribution >= 4 is 5.82 Å². The summed E-state index contributed by atoms with van der Waals surface area (Å²) in [5.41, 5.74) is 1.01. The van der Waals surface area contributed by atoms with Crippen LogP contribution in [0.4, 0.5) is 5.82 Å². The molecule has 1 aliphatic rings. The molecule has 0 saturated carbocycles. The van der Waals surface area contributed by atoms with Gasteiger partial charge in [-0.2, -0.15) is 0 Å². The summed E-state index contributed by atoms with van der Waals surface area (Å²) in [7, 11) is 1.85. The predicted octanol–water partition coefficient (Wildman–Crippen LogP) is 1.52. The number of ether oxygens (including phenoxy) is 1. The number of rotatable bonds is 6. The average molecular weight is 250 g/mol. The van der Waals surface area contributed by atoms with E-state index < -0.39 is 0 Å². The van der Waals surface area contributed by atoms with Gasteiger partial charge in [-0.1, -0.05) is 6.92 Å². The molecule has 0 radical (unpaired) electrons. The smallest absolute Gasteiger partial charge is 0.144 e. The molecule has 0 amide bonds. The highest BCUT2D eigenvalue weighted by molar-refractivity contribution is 5.29. The van der Waals surface area contributed by atoms with Crippen LogP contribution in [-0.4, -0.2) is 47.7 Å². The van der Waals surface area contributed by atoms with Gasteiger partial charge in [0.25, 0.3) is 0 Å². The molecule has 18 heavy (non-hydrogen) atoms. The summed E-state index contributed by atoms with van der Waals surface area (Å²) in [4.78, 5) is 11.0. The minimum Gasteiger partial charge on any atom is -0.377 e. The Morgan fingerprint density at radius 3 is 2.89 bits per heavy atom. The van der Waals surface area contributed by atoms with Gasteiger partial charge >= 0.3 is 0 Å². The van der Waals surface area contributed by atoms with Crippen molar-refractivity contribution in [3.05, 3.63) is 18.1 Å². The van der Waals surface area contributed by atoms with E-state index in [1.807, 2.05) is 13.2 Å². The van der Waals surface area contributed by atoms with Gasteiger partial charge in [0, 0.05) is 26.7 Å². The lowest BCUT2D eigenvalue weighted by Gasteiger charge is -2.23. The zero-order chi connectivity index (χ0) is 12.8. The highest BCUT2D eigenvalue weighted by Crippen LogP contribution is 2.14. The van der Waals surface area contributed by atoms with Crippen LogP contribution in [0.5, 0.6) is 0 Å². The van der Waals surface area contributed by atoms with E-state index in [4.69, 9.17) is 4.74 Å². The Morgan fingerprint density at radius 2 is 2.33 bits per heavy atom. The largest absolute Gasteiger partial charge is 0.377 e. The number of nitrogens with zero attached hydrogens (tertiary/aromatic N) is 3. The lowest BCUT2D eigenvalue weighted by Crippen LogP contribution is -2.32. The van der Waals surface area contributed by atoms with Crippen LogP contribution in [0.2, 0.25) is 0 Å². The number of hydrogen-bond acceptors (Lipinski definition) is 5. The van der Waals surface area contributed by atoms with Crippen LogP contribution in [0.1, 0.15) is 25.5 Å². The van der Waals surface area contributed by atoms with Gasteiger partial charge in [-0.05, 0) is 19.4 Å². The van der Waals surface area contributed by atoms with Gasteiger partial charge in [0.1, 0.15) is 5.82 Å². The van der Waals surface area contributed by atoms with E-state index in [1.165, 1.54) is 12.8 Å². The van der Waals surface area contributed by atoms with Crippen LogP contribution >= 0.6 is 0 Å². The summed E-state index contributed by atoms with van der Waals surface area (Å²) >= 11 is 0. The first kappa shape index (κ1) is 13.2. The molecule has 1 saturated heterocycles. The maximum atomic E-state index is 5.67. The Bertz CT molecular complexity index is 349. The van der Waals surface area contributed by atoms with Crippen molar-refractivity contribution in [2.24, 2.45) is 0 Å². The first-order valence-electron chi connectivity index (χ1n) is 6.64. The number of likely N-dealkylation sites (N-methyl/N-ethyl adjacent to an activating group) is 1. The number of hydrogen-bond donors (Lipinski definition) is 1. The summed E-state index contributed by atoms with van der Waals surface area (Å²) in [5, 5.41) is 2.97. The summed E-state index contributed by atoms with van der Waals surface area (Å²) in [6.07, 6.45) is 6.38. The van der Waals surface area contributed by atoms with Crippen molar-refractivity contribution in [3.63, 3.8) is 0 Å². The monoisotopic (exact) mass is 250 g/mol. The minimum atomic E-state index is 0.398. The molecule has 1 aromatic heterocycles. The minimum absolute atomic E-state index is 0.398. The van der Waals surface area contributed by atoms with E-state index in [-0.39, 0.29) is 0 Å². The quantitative estimate of drug-likeness (QED) is 0.829. The molecule has 5 nitrogen and oxygen atoms in total. The molecule has 0 aliphatic carbocycles. The lowest BCUT2D eigenvalue weighted by molar-refractivity contribution is 0.0720. The second kappa shape index (κ2) is 6.66. The zero-order valence-corrected chi connectivity index (χ0v) is 11.2. The van der Waals surface area contributed by atoms with Gasteiger partial charge < -0.3 is 10.1 Å². The third kappa shape index (κ3) is 3.65. The second-order valence-electron chi connectivity index (χ2n) is 4.61. The third-order valence-electron chi connectivity index (χ3n) is 3.28. The topological polar surface area (TPSA) is 50.3 Å². The Morgan fingerprint density at radius 1 is 1.44 bits per heavy atom. The summed E-state index contributed by atoms with van der Waals surface area (Å²) < 4.78 is 5.67. The van der Waals surface area contributed by atoms with Crippen LogP contribution < -0.4 is 5.32 Å². The van der Waals surface area contributed by atoms with Gasteiger partial charge in [-0.3, -0.25) is 9.88 Å². The first-order valence-corrected chi connectivity index (χ1v) is 6.64. The molecule has 1 aliphatic heterocycles. The van der Waals surface area contributed by atoms with E-state index >= 15 is 0 Å². The normalized spacial score (nSPS) is 19.4. The van der Waals surface area contributed by atoms with E-state index in [0.29, 0.717) is 6.10 Å². The van der Waals surface area contributed by atoms with Crippen LogP contribution in [0.25, 0.3) is 0 Å². The Kier molecular flexibility index (Phi) is 4.90. The standard InChI is InChI=1S/C13H22N4O/c1-3-17(10-12-5-4-6-18-12)9-11-7-16-13(14-2)8-15-11/h7-8,12H,3-6,9-10H2,1-2H3,(H,14,16). The maximum absolute atomic E-state index is 5.67. The molecule has 1 unspecified atom stereocenters. The van der Waals surface area contributed by atoms with E-state index in [9.17, 15) is 0 Å². The van der Waals surface area contributed by atoms with Crippen LogP contribution in [0, 0.1) is 0 Å². The maximum Gasteiger partial charge on any atom is 0.144 e. The number of anilines is 1. The molecular weight excluding hydrogens is 228 g/mol. The molecular formula is C13H22N4O. The lowest BCUT2D eigenvalue weighted by atomic mass is 10.2. The van der Waals surface area contributed by atoms with Crippen molar-refractivity contribution in [1.29, 1.82) is 0 Å². The van der Waals surface area contributed by atoms with E-state index in [1.54, 1.807) is 6.20 Å². The molecule has 0 aromatic carbocycles. The van der Waals surface area contributed by atoms with Gasteiger partial charge in [-0.15, -0.1) is 0 Å². The number of aromatic nitrogens is 2. The van der Waals surface area contributed by atoms with Crippen LogP contribution in [0.3, 0.4) is 0 Å².